The molecule has 0 spiro atoms. The van der Waals surface area contributed by atoms with E-state index < -0.39 is 6.04 Å². The molecule has 0 heterocycles. The van der Waals surface area contributed by atoms with Crippen molar-refractivity contribution >= 4 is 23.4 Å². The Morgan fingerprint density at radius 3 is 2.24 bits per heavy atom. The zero-order valence-corrected chi connectivity index (χ0v) is 20.2. The van der Waals surface area contributed by atoms with E-state index in [0.29, 0.717) is 18.0 Å². The highest BCUT2D eigenvalue weighted by Gasteiger charge is 2.31. The smallest absolute Gasteiger partial charge is 0.243 e. The second-order valence-electron chi connectivity index (χ2n) is 8.62. The highest BCUT2D eigenvalue weighted by molar-refractivity contribution is 6.30. The van der Waals surface area contributed by atoms with Crippen LogP contribution in [0.4, 0.5) is 0 Å². The first kappa shape index (κ1) is 24.5. The van der Waals surface area contributed by atoms with E-state index in [4.69, 9.17) is 11.6 Å². The fraction of sp³-hybridized carbons (Fsp3) is 0.286. The van der Waals surface area contributed by atoms with Gasteiger partial charge in [-0.15, -0.1) is 0 Å². The van der Waals surface area contributed by atoms with Crippen LogP contribution in [0.1, 0.15) is 36.1 Å². The number of amides is 2. The number of hydrogen-bond acceptors (Lipinski definition) is 2. The van der Waals surface area contributed by atoms with Crippen LogP contribution in [0.5, 0.6) is 0 Å². The Bertz CT molecular complexity index is 1080. The van der Waals surface area contributed by atoms with Crippen molar-refractivity contribution in [1.29, 1.82) is 0 Å². The number of rotatable bonds is 9. The minimum atomic E-state index is -0.648. The van der Waals surface area contributed by atoms with Crippen LogP contribution < -0.4 is 5.32 Å². The van der Waals surface area contributed by atoms with Crippen molar-refractivity contribution in [1.82, 2.24) is 10.2 Å². The first-order chi connectivity index (χ1) is 15.8. The molecular formula is C28H31ClN2O2. The summed E-state index contributed by atoms with van der Waals surface area (Å²) in [6, 6.07) is 24.4. The molecule has 0 aliphatic rings. The quantitative estimate of drug-likeness (QED) is 0.465. The third kappa shape index (κ3) is 7.19. The van der Waals surface area contributed by atoms with Crippen LogP contribution in [0.2, 0.25) is 5.02 Å². The van der Waals surface area contributed by atoms with Gasteiger partial charge in [0, 0.05) is 24.0 Å². The molecule has 1 N–H and O–H groups in total. The van der Waals surface area contributed by atoms with Crippen molar-refractivity contribution in [3.8, 4) is 0 Å². The van der Waals surface area contributed by atoms with E-state index in [1.54, 1.807) is 11.0 Å². The lowest BCUT2D eigenvalue weighted by Gasteiger charge is -2.32. The summed E-state index contributed by atoms with van der Waals surface area (Å²) in [4.78, 5) is 28.7. The number of aryl methyl sites for hydroxylation is 1. The fourth-order valence-corrected chi connectivity index (χ4v) is 4.05. The number of benzene rings is 3. The molecule has 0 fully saturated rings. The van der Waals surface area contributed by atoms with Gasteiger partial charge in [-0.2, -0.15) is 0 Å². The molecule has 0 aliphatic heterocycles. The van der Waals surface area contributed by atoms with Gasteiger partial charge in [-0.05, 0) is 55.2 Å². The maximum Gasteiger partial charge on any atom is 0.243 e. The van der Waals surface area contributed by atoms with Gasteiger partial charge in [-0.3, -0.25) is 9.59 Å². The summed E-state index contributed by atoms with van der Waals surface area (Å²) >= 11 is 6.22. The Kier molecular flexibility index (Phi) is 8.67. The molecule has 0 saturated heterocycles. The fourth-order valence-electron chi connectivity index (χ4n) is 3.84. The minimum Gasteiger partial charge on any atom is -0.352 e. The summed E-state index contributed by atoms with van der Waals surface area (Å²) < 4.78 is 0. The van der Waals surface area contributed by atoms with Gasteiger partial charge in [0.1, 0.15) is 6.04 Å². The Morgan fingerprint density at radius 2 is 1.58 bits per heavy atom. The highest BCUT2D eigenvalue weighted by Crippen LogP contribution is 2.19. The van der Waals surface area contributed by atoms with E-state index in [1.807, 2.05) is 93.6 Å². The number of carbonyl (C=O) groups is 2. The molecule has 1 atom stereocenters. The molecule has 2 amide bonds. The number of nitrogens with one attached hydrogen (secondary N) is 1. The number of hydrogen-bond donors (Lipinski definition) is 1. The van der Waals surface area contributed by atoms with E-state index in [0.717, 1.165) is 22.3 Å². The third-order valence-electron chi connectivity index (χ3n) is 5.55. The Balaban J connectivity index is 1.98. The lowest BCUT2D eigenvalue weighted by atomic mass is 10.00. The zero-order valence-electron chi connectivity index (χ0n) is 19.4. The van der Waals surface area contributed by atoms with Gasteiger partial charge in [0.15, 0.2) is 0 Å². The summed E-state index contributed by atoms with van der Waals surface area (Å²) in [5.41, 5.74) is 3.90. The van der Waals surface area contributed by atoms with Crippen LogP contribution in [0, 0.1) is 6.92 Å². The van der Waals surface area contributed by atoms with Crippen molar-refractivity contribution < 1.29 is 9.59 Å². The molecule has 0 radical (unpaired) electrons. The number of nitrogens with zero attached hydrogens (tertiary/aromatic N) is 1. The first-order valence-electron chi connectivity index (χ1n) is 11.3. The van der Waals surface area contributed by atoms with Gasteiger partial charge in [-0.1, -0.05) is 78.3 Å². The second kappa shape index (κ2) is 11.7. The lowest BCUT2D eigenvalue weighted by molar-refractivity contribution is -0.141. The van der Waals surface area contributed by atoms with Crippen LogP contribution in [0.25, 0.3) is 0 Å². The van der Waals surface area contributed by atoms with Gasteiger partial charge in [0.2, 0.25) is 11.8 Å². The summed E-state index contributed by atoms with van der Waals surface area (Å²) in [5.74, 6) is -0.252. The Hall–Kier alpha value is -3.11. The normalized spacial score (nSPS) is 11.8. The molecule has 5 heteroatoms. The monoisotopic (exact) mass is 462 g/mol. The number of carbonyl (C=O) groups excluding carboxylic acids is 2. The standard InChI is InChI=1S/C28H31ClN2O2/c1-20(2)30-28(33)26(17-22-11-5-4-6-12-22)31(19-23-13-9-15-25(29)16-23)27(32)18-24-14-8-7-10-21(24)3/h4-16,20,26H,17-19H2,1-3H3,(H,30,33)/t26-/m0/s1. The predicted octanol–water partition coefficient (Wildman–Crippen LogP) is 5.36. The highest BCUT2D eigenvalue weighted by atomic mass is 35.5. The molecule has 0 bridgehead atoms. The van der Waals surface area contributed by atoms with Gasteiger partial charge in [0.05, 0.1) is 6.42 Å². The van der Waals surface area contributed by atoms with Crippen molar-refractivity contribution in [3.63, 3.8) is 0 Å². The molecule has 0 aromatic heterocycles. The third-order valence-corrected chi connectivity index (χ3v) is 5.78. The van der Waals surface area contributed by atoms with Crippen LogP contribution >= 0.6 is 11.6 Å². The van der Waals surface area contributed by atoms with Crippen LogP contribution in [0.3, 0.4) is 0 Å². The van der Waals surface area contributed by atoms with E-state index in [9.17, 15) is 9.59 Å². The molecule has 3 aromatic rings. The molecule has 0 unspecified atom stereocenters. The van der Waals surface area contributed by atoms with Gasteiger partial charge in [-0.25, -0.2) is 0 Å². The largest absolute Gasteiger partial charge is 0.352 e. The molecule has 4 nitrogen and oxygen atoms in total. The molecule has 33 heavy (non-hydrogen) atoms. The van der Waals surface area contributed by atoms with Crippen LogP contribution in [-0.4, -0.2) is 28.8 Å². The average Bonchev–Trinajstić information content (AvgIpc) is 2.78. The molecule has 0 aliphatic carbocycles. The minimum absolute atomic E-state index is 0.0322. The predicted molar refractivity (Wildman–Crippen MR) is 134 cm³/mol. The molecule has 3 rings (SSSR count). The molecule has 3 aromatic carbocycles. The first-order valence-corrected chi connectivity index (χ1v) is 11.6. The maximum absolute atomic E-state index is 13.7. The van der Waals surface area contributed by atoms with Gasteiger partial charge < -0.3 is 10.2 Å². The van der Waals surface area contributed by atoms with E-state index in [-0.39, 0.29) is 24.3 Å². The van der Waals surface area contributed by atoms with Crippen molar-refractivity contribution in [3.05, 3.63) is 106 Å². The van der Waals surface area contributed by atoms with Gasteiger partial charge >= 0.3 is 0 Å². The van der Waals surface area contributed by atoms with Gasteiger partial charge in [0.25, 0.3) is 0 Å². The topological polar surface area (TPSA) is 49.4 Å². The Labute approximate surface area is 201 Å². The number of halogens is 1. The van der Waals surface area contributed by atoms with E-state index in [2.05, 4.69) is 5.32 Å². The summed E-state index contributed by atoms with van der Waals surface area (Å²) in [7, 11) is 0. The maximum atomic E-state index is 13.7. The summed E-state index contributed by atoms with van der Waals surface area (Å²) in [6.45, 7) is 6.15. The summed E-state index contributed by atoms with van der Waals surface area (Å²) in [5, 5.41) is 3.61. The van der Waals surface area contributed by atoms with E-state index in [1.165, 1.54) is 0 Å². The Morgan fingerprint density at radius 1 is 0.909 bits per heavy atom. The second-order valence-corrected chi connectivity index (χ2v) is 9.06. The van der Waals surface area contributed by atoms with E-state index >= 15 is 0 Å². The van der Waals surface area contributed by atoms with Crippen LogP contribution in [-0.2, 0) is 29.0 Å². The SMILES string of the molecule is Cc1ccccc1CC(=O)N(Cc1cccc(Cl)c1)[C@@H](Cc1ccccc1)C(=O)NC(C)C. The summed E-state index contributed by atoms with van der Waals surface area (Å²) in [6.07, 6.45) is 0.660. The average molecular weight is 463 g/mol. The lowest BCUT2D eigenvalue weighted by Crippen LogP contribution is -2.52. The van der Waals surface area contributed by atoms with Crippen molar-refractivity contribution in [2.24, 2.45) is 0 Å². The molecule has 172 valence electrons. The molecule has 0 saturated carbocycles. The zero-order chi connectivity index (χ0) is 23.8. The van der Waals surface area contributed by atoms with Crippen molar-refractivity contribution in [2.45, 2.75) is 52.2 Å². The molecular weight excluding hydrogens is 432 g/mol. The van der Waals surface area contributed by atoms with Crippen molar-refractivity contribution in [2.75, 3.05) is 0 Å². The van der Waals surface area contributed by atoms with Crippen LogP contribution in [0.15, 0.2) is 78.9 Å².